The van der Waals surface area contributed by atoms with Gasteiger partial charge in [0.05, 0.1) is 0 Å². The molecule has 0 unspecified atom stereocenters. The third-order valence-electron chi connectivity index (χ3n) is 2.06. The molecule has 0 heterocycles. The third kappa shape index (κ3) is 6.62. The van der Waals surface area contributed by atoms with E-state index >= 15 is 0 Å². The van der Waals surface area contributed by atoms with Gasteiger partial charge in [-0.1, -0.05) is 27.2 Å². The summed E-state index contributed by atoms with van der Waals surface area (Å²) in [5.74, 6) is 1.04. The number of amides is 1. The van der Waals surface area contributed by atoms with Crippen LogP contribution in [-0.4, -0.2) is 11.9 Å². The molecule has 0 saturated heterocycles. The van der Waals surface area contributed by atoms with Gasteiger partial charge in [-0.3, -0.25) is 4.79 Å². The zero-order valence-corrected chi connectivity index (χ0v) is 9.55. The summed E-state index contributed by atoms with van der Waals surface area (Å²) in [5.41, 5.74) is 0. The van der Waals surface area contributed by atoms with Gasteiger partial charge in [0.25, 0.3) is 0 Å². The van der Waals surface area contributed by atoms with Gasteiger partial charge in [-0.25, -0.2) is 0 Å². The van der Waals surface area contributed by atoms with Crippen LogP contribution < -0.4 is 5.32 Å². The van der Waals surface area contributed by atoms with Crippen LogP contribution in [0.5, 0.6) is 0 Å². The zero-order valence-electron chi connectivity index (χ0n) is 9.55. The Kier molecular flexibility index (Phi) is 5.76. The van der Waals surface area contributed by atoms with Crippen molar-refractivity contribution in [3.8, 4) is 0 Å². The lowest BCUT2D eigenvalue weighted by molar-refractivity contribution is -0.125. The van der Waals surface area contributed by atoms with Crippen LogP contribution >= 0.6 is 0 Å². The molecular weight excluding hydrogens is 162 g/mol. The van der Waals surface area contributed by atoms with Gasteiger partial charge in [0.1, 0.15) is 0 Å². The van der Waals surface area contributed by atoms with E-state index < -0.39 is 0 Å². The van der Waals surface area contributed by atoms with Gasteiger partial charge in [0, 0.05) is 12.0 Å². The van der Waals surface area contributed by atoms with E-state index in [4.69, 9.17) is 0 Å². The fourth-order valence-electron chi connectivity index (χ4n) is 1.14. The second-order valence-corrected chi connectivity index (χ2v) is 4.54. The smallest absolute Gasteiger partial charge is 0.223 e. The standard InChI is InChI=1S/C11H23NO/c1-8(2)6-7-10(5)11(13)12-9(3)4/h8-10H,6-7H2,1-5H3,(H,12,13)/t10-/m1/s1. The number of carbonyl (C=O) groups is 1. The minimum absolute atomic E-state index is 0.157. The predicted octanol–water partition coefficient (Wildman–Crippen LogP) is 2.58. The van der Waals surface area contributed by atoms with Crippen molar-refractivity contribution in [1.29, 1.82) is 0 Å². The Morgan fingerprint density at radius 2 is 1.62 bits per heavy atom. The summed E-state index contributed by atoms with van der Waals surface area (Å²) in [6.07, 6.45) is 2.13. The van der Waals surface area contributed by atoms with Crippen LogP contribution in [0.25, 0.3) is 0 Å². The molecule has 0 aliphatic rings. The summed E-state index contributed by atoms with van der Waals surface area (Å²) in [6, 6.07) is 0.258. The molecule has 78 valence electrons. The quantitative estimate of drug-likeness (QED) is 0.701. The average Bonchev–Trinajstić information content (AvgIpc) is 1.98. The lowest BCUT2D eigenvalue weighted by atomic mass is 9.98. The molecule has 1 N–H and O–H groups in total. The number of hydrogen-bond acceptors (Lipinski definition) is 1. The molecule has 2 nitrogen and oxygen atoms in total. The molecule has 0 aromatic rings. The minimum atomic E-state index is 0.157. The van der Waals surface area contributed by atoms with E-state index in [1.807, 2.05) is 20.8 Å². The fourth-order valence-corrected chi connectivity index (χ4v) is 1.14. The Bertz CT molecular complexity index is 152. The van der Waals surface area contributed by atoms with E-state index in [0.29, 0.717) is 5.92 Å². The molecule has 0 fully saturated rings. The molecule has 2 heteroatoms. The van der Waals surface area contributed by atoms with Gasteiger partial charge in [-0.15, -0.1) is 0 Å². The van der Waals surface area contributed by atoms with Gasteiger partial charge in [0.15, 0.2) is 0 Å². The van der Waals surface area contributed by atoms with Gasteiger partial charge >= 0.3 is 0 Å². The van der Waals surface area contributed by atoms with E-state index in [1.54, 1.807) is 0 Å². The predicted molar refractivity (Wildman–Crippen MR) is 56.5 cm³/mol. The first kappa shape index (κ1) is 12.5. The van der Waals surface area contributed by atoms with Crippen molar-refractivity contribution in [3.05, 3.63) is 0 Å². The first-order valence-electron chi connectivity index (χ1n) is 5.23. The van der Waals surface area contributed by atoms with E-state index in [2.05, 4.69) is 19.2 Å². The average molecular weight is 185 g/mol. The molecule has 0 rings (SSSR count). The SMILES string of the molecule is CC(C)CC[C@@H](C)C(=O)NC(C)C. The number of hydrogen-bond donors (Lipinski definition) is 1. The van der Waals surface area contributed by atoms with Crippen molar-refractivity contribution in [2.24, 2.45) is 11.8 Å². The molecule has 1 amide bonds. The number of carbonyl (C=O) groups excluding carboxylic acids is 1. The Morgan fingerprint density at radius 3 is 2.00 bits per heavy atom. The monoisotopic (exact) mass is 185 g/mol. The number of rotatable bonds is 5. The van der Waals surface area contributed by atoms with Crippen LogP contribution in [0.3, 0.4) is 0 Å². The lowest BCUT2D eigenvalue weighted by Crippen LogP contribution is -2.34. The summed E-state index contributed by atoms with van der Waals surface area (Å²) >= 11 is 0. The molecular formula is C11H23NO. The Morgan fingerprint density at radius 1 is 1.08 bits per heavy atom. The highest BCUT2D eigenvalue weighted by Gasteiger charge is 2.13. The van der Waals surface area contributed by atoms with Gasteiger partial charge in [0.2, 0.25) is 5.91 Å². The van der Waals surface area contributed by atoms with Crippen molar-refractivity contribution >= 4 is 5.91 Å². The zero-order chi connectivity index (χ0) is 10.4. The van der Waals surface area contributed by atoms with Crippen LogP contribution in [0.15, 0.2) is 0 Å². The molecule has 0 saturated carbocycles. The largest absolute Gasteiger partial charge is 0.354 e. The summed E-state index contributed by atoms with van der Waals surface area (Å²) in [6.45, 7) is 10.4. The molecule has 0 aromatic heterocycles. The Hall–Kier alpha value is -0.530. The van der Waals surface area contributed by atoms with Crippen LogP contribution in [0.2, 0.25) is 0 Å². The Labute approximate surface area is 82.1 Å². The first-order valence-corrected chi connectivity index (χ1v) is 5.23. The molecule has 0 aliphatic carbocycles. The Balaban J connectivity index is 3.69. The van der Waals surface area contributed by atoms with Crippen molar-refractivity contribution in [1.82, 2.24) is 5.32 Å². The van der Waals surface area contributed by atoms with E-state index in [1.165, 1.54) is 0 Å². The van der Waals surface area contributed by atoms with Crippen molar-refractivity contribution in [2.45, 2.75) is 53.5 Å². The van der Waals surface area contributed by atoms with Gasteiger partial charge < -0.3 is 5.32 Å². The highest BCUT2D eigenvalue weighted by molar-refractivity contribution is 5.78. The van der Waals surface area contributed by atoms with Crippen molar-refractivity contribution < 1.29 is 4.79 Å². The summed E-state index contributed by atoms with van der Waals surface area (Å²) in [5, 5.41) is 2.93. The first-order chi connectivity index (χ1) is 5.93. The van der Waals surface area contributed by atoms with Crippen LogP contribution in [0.4, 0.5) is 0 Å². The maximum atomic E-state index is 11.5. The maximum Gasteiger partial charge on any atom is 0.223 e. The minimum Gasteiger partial charge on any atom is -0.354 e. The van der Waals surface area contributed by atoms with Crippen LogP contribution in [0.1, 0.15) is 47.5 Å². The van der Waals surface area contributed by atoms with Gasteiger partial charge in [-0.05, 0) is 26.2 Å². The molecule has 13 heavy (non-hydrogen) atoms. The van der Waals surface area contributed by atoms with Crippen molar-refractivity contribution in [3.63, 3.8) is 0 Å². The lowest BCUT2D eigenvalue weighted by Gasteiger charge is -2.15. The highest BCUT2D eigenvalue weighted by Crippen LogP contribution is 2.11. The second kappa shape index (κ2) is 6.01. The summed E-state index contributed by atoms with van der Waals surface area (Å²) in [4.78, 5) is 11.5. The highest BCUT2D eigenvalue weighted by atomic mass is 16.1. The van der Waals surface area contributed by atoms with E-state index in [-0.39, 0.29) is 17.9 Å². The maximum absolute atomic E-state index is 11.5. The molecule has 0 aliphatic heterocycles. The second-order valence-electron chi connectivity index (χ2n) is 4.54. The van der Waals surface area contributed by atoms with E-state index in [9.17, 15) is 4.79 Å². The molecule has 0 spiro atoms. The topological polar surface area (TPSA) is 29.1 Å². The van der Waals surface area contributed by atoms with E-state index in [0.717, 1.165) is 12.8 Å². The van der Waals surface area contributed by atoms with Gasteiger partial charge in [-0.2, -0.15) is 0 Å². The summed E-state index contributed by atoms with van der Waals surface area (Å²) in [7, 11) is 0. The summed E-state index contributed by atoms with van der Waals surface area (Å²) < 4.78 is 0. The molecule has 0 aromatic carbocycles. The van der Waals surface area contributed by atoms with Crippen LogP contribution in [0, 0.1) is 11.8 Å². The van der Waals surface area contributed by atoms with Crippen molar-refractivity contribution in [2.75, 3.05) is 0 Å². The fraction of sp³-hybridized carbons (Fsp3) is 0.909. The third-order valence-corrected chi connectivity index (χ3v) is 2.06. The molecule has 1 atom stereocenters. The molecule has 0 bridgehead atoms. The van der Waals surface area contributed by atoms with Crippen LogP contribution in [-0.2, 0) is 4.79 Å². The molecule has 0 radical (unpaired) electrons. The normalized spacial score (nSPS) is 13.5. The number of nitrogens with one attached hydrogen (secondary N) is 1.